The number of anilines is 1. The molecule has 1 aromatic carbocycles. The molecule has 3 N–H and O–H groups in total. The summed E-state index contributed by atoms with van der Waals surface area (Å²) in [6.45, 7) is 6.37. The number of carboxylic acid groups (broad SMARTS) is 1. The summed E-state index contributed by atoms with van der Waals surface area (Å²) in [7, 11) is 0. The lowest BCUT2D eigenvalue weighted by Gasteiger charge is -2.42. The first-order valence-corrected chi connectivity index (χ1v) is 7.42. The summed E-state index contributed by atoms with van der Waals surface area (Å²) in [5.41, 5.74) is 8.57. The van der Waals surface area contributed by atoms with Gasteiger partial charge in [-0.1, -0.05) is 44.4 Å². The van der Waals surface area contributed by atoms with Crippen LogP contribution in [0.4, 0.5) is 5.69 Å². The van der Waals surface area contributed by atoms with E-state index in [4.69, 9.17) is 5.73 Å². The first-order chi connectivity index (χ1) is 9.33. The van der Waals surface area contributed by atoms with E-state index in [1.807, 2.05) is 25.1 Å². The average Bonchev–Trinajstić information content (AvgIpc) is 2.35. The predicted molar refractivity (Wildman–Crippen MR) is 81.7 cm³/mol. The molecular formula is C17H25NO2. The molecule has 3 nitrogen and oxygen atoms in total. The average molecular weight is 275 g/mol. The molecule has 0 aliphatic heterocycles. The van der Waals surface area contributed by atoms with Gasteiger partial charge in [0.2, 0.25) is 0 Å². The summed E-state index contributed by atoms with van der Waals surface area (Å²) < 4.78 is 0. The Morgan fingerprint density at radius 2 is 2.10 bits per heavy atom. The molecule has 3 heteroatoms. The van der Waals surface area contributed by atoms with Crippen LogP contribution in [-0.2, 0) is 4.79 Å². The SMILES string of the molecule is Cc1ccc(N)c(C(C(=O)O)C2CCCCC2(C)C)c1. The van der Waals surface area contributed by atoms with Gasteiger partial charge in [0, 0.05) is 5.69 Å². The Labute approximate surface area is 121 Å². The number of rotatable bonds is 3. The number of hydrogen-bond donors (Lipinski definition) is 2. The number of carbonyl (C=O) groups is 1. The lowest BCUT2D eigenvalue weighted by atomic mass is 9.62. The summed E-state index contributed by atoms with van der Waals surface area (Å²) in [6.07, 6.45) is 4.37. The van der Waals surface area contributed by atoms with Gasteiger partial charge in [-0.2, -0.15) is 0 Å². The van der Waals surface area contributed by atoms with Crippen molar-refractivity contribution in [1.82, 2.24) is 0 Å². The van der Waals surface area contributed by atoms with E-state index < -0.39 is 11.9 Å². The van der Waals surface area contributed by atoms with Gasteiger partial charge in [0.15, 0.2) is 0 Å². The Balaban J connectivity index is 2.46. The highest BCUT2D eigenvalue weighted by Gasteiger charge is 2.42. The first-order valence-electron chi connectivity index (χ1n) is 7.42. The van der Waals surface area contributed by atoms with Gasteiger partial charge in [-0.3, -0.25) is 4.79 Å². The van der Waals surface area contributed by atoms with Crippen molar-refractivity contribution in [2.24, 2.45) is 11.3 Å². The maximum Gasteiger partial charge on any atom is 0.311 e. The fraction of sp³-hybridized carbons (Fsp3) is 0.588. The van der Waals surface area contributed by atoms with Gasteiger partial charge in [-0.05, 0) is 42.7 Å². The molecule has 0 bridgehead atoms. The van der Waals surface area contributed by atoms with Crippen LogP contribution in [0.1, 0.15) is 56.6 Å². The van der Waals surface area contributed by atoms with Crippen LogP contribution in [-0.4, -0.2) is 11.1 Å². The molecular weight excluding hydrogens is 250 g/mol. The van der Waals surface area contributed by atoms with Crippen LogP contribution in [0.3, 0.4) is 0 Å². The van der Waals surface area contributed by atoms with E-state index in [0.29, 0.717) is 5.69 Å². The monoisotopic (exact) mass is 275 g/mol. The van der Waals surface area contributed by atoms with E-state index in [9.17, 15) is 9.90 Å². The van der Waals surface area contributed by atoms with E-state index in [0.717, 1.165) is 30.4 Å². The fourth-order valence-corrected chi connectivity index (χ4v) is 3.62. The van der Waals surface area contributed by atoms with Crippen molar-refractivity contribution in [2.75, 3.05) is 5.73 Å². The Morgan fingerprint density at radius 3 is 2.70 bits per heavy atom. The van der Waals surface area contributed by atoms with Gasteiger partial charge < -0.3 is 10.8 Å². The highest BCUT2D eigenvalue weighted by molar-refractivity contribution is 5.79. The van der Waals surface area contributed by atoms with Crippen molar-refractivity contribution in [3.8, 4) is 0 Å². The zero-order chi connectivity index (χ0) is 14.9. The highest BCUT2D eigenvalue weighted by Crippen LogP contribution is 2.48. The molecule has 1 fully saturated rings. The molecule has 110 valence electrons. The second-order valence-electron chi connectivity index (χ2n) is 6.79. The quantitative estimate of drug-likeness (QED) is 0.821. The maximum atomic E-state index is 11.9. The number of aryl methyl sites for hydroxylation is 1. The highest BCUT2D eigenvalue weighted by atomic mass is 16.4. The summed E-state index contributed by atoms with van der Waals surface area (Å²) in [5.74, 6) is -1.09. The number of nitrogens with two attached hydrogens (primary N) is 1. The second kappa shape index (κ2) is 5.47. The van der Waals surface area contributed by atoms with E-state index in [1.165, 1.54) is 6.42 Å². The van der Waals surface area contributed by atoms with Crippen LogP contribution in [0.25, 0.3) is 0 Å². The maximum absolute atomic E-state index is 11.9. The van der Waals surface area contributed by atoms with Crippen molar-refractivity contribution in [3.63, 3.8) is 0 Å². The molecule has 2 unspecified atom stereocenters. The molecule has 1 aromatic rings. The molecule has 0 amide bonds. The van der Waals surface area contributed by atoms with E-state index in [2.05, 4.69) is 13.8 Å². The first kappa shape index (κ1) is 14.9. The molecule has 1 aliphatic carbocycles. The third-order valence-corrected chi connectivity index (χ3v) is 4.84. The van der Waals surface area contributed by atoms with E-state index in [1.54, 1.807) is 0 Å². The smallest absolute Gasteiger partial charge is 0.311 e. The van der Waals surface area contributed by atoms with E-state index in [-0.39, 0.29) is 11.3 Å². The standard InChI is InChI=1S/C17H25NO2/c1-11-7-8-14(18)12(10-11)15(16(19)20)13-6-4-5-9-17(13,2)3/h7-8,10,13,15H,4-6,9,18H2,1-3H3,(H,19,20). The Hall–Kier alpha value is -1.51. The molecule has 20 heavy (non-hydrogen) atoms. The van der Waals surface area contributed by atoms with Crippen molar-refractivity contribution in [3.05, 3.63) is 29.3 Å². The molecule has 0 heterocycles. The van der Waals surface area contributed by atoms with Gasteiger partial charge in [0.25, 0.3) is 0 Å². The van der Waals surface area contributed by atoms with Crippen LogP contribution in [0, 0.1) is 18.3 Å². The zero-order valence-corrected chi connectivity index (χ0v) is 12.6. The predicted octanol–water partition coefficient (Wildman–Crippen LogP) is 3.96. The lowest BCUT2D eigenvalue weighted by molar-refractivity contribution is -0.142. The molecule has 0 radical (unpaired) electrons. The summed E-state index contributed by atoms with van der Waals surface area (Å²) in [5, 5.41) is 9.77. The number of hydrogen-bond acceptors (Lipinski definition) is 2. The minimum Gasteiger partial charge on any atom is -0.481 e. The van der Waals surface area contributed by atoms with Gasteiger partial charge >= 0.3 is 5.97 Å². The van der Waals surface area contributed by atoms with Crippen LogP contribution >= 0.6 is 0 Å². The van der Waals surface area contributed by atoms with Crippen molar-refractivity contribution in [1.29, 1.82) is 0 Å². The molecule has 0 spiro atoms. The molecule has 1 aliphatic rings. The number of carboxylic acids is 1. The Bertz CT molecular complexity index is 508. The molecule has 0 saturated heterocycles. The van der Waals surface area contributed by atoms with Crippen molar-refractivity contribution in [2.45, 2.75) is 52.4 Å². The van der Waals surface area contributed by atoms with Crippen molar-refractivity contribution < 1.29 is 9.90 Å². The third-order valence-electron chi connectivity index (χ3n) is 4.84. The molecule has 1 saturated carbocycles. The molecule has 0 aromatic heterocycles. The second-order valence-corrected chi connectivity index (χ2v) is 6.79. The Morgan fingerprint density at radius 1 is 1.40 bits per heavy atom. The number of nitrogen functional groups attached to an aromatic ring is 1. The van der Waals surface area contributed by atoms with Gasteiger partial charge in [-0.25, -0.2) is 0 Å². The van der Waals surface area contributed by atoms with E-state index >= 15 is 0 Å². The summed E-state index contributed by atoms with van der Waals surface area (Å²) >= 11 is 0. The van der Waals surface area contributed by atoms with Crippen LogP contribution in [0.2, 0.25) is 0 Å². The van der Waals surface area contributed by atoms with Gasteiger partial charge in [0.05, 0.1) is 5.92 Å². The fourth-order valence-electron chi connectivity index (χ4n) is 3.62. The largest absolute Gasteiger partial charge is 0.481 e. The molecule has 2 rings (SSSR count). The van der Waals surface area contributed by atoms with Gasteiger partial charge in [0.1, 0.15) is 0 Å². The van der Waals surface area contributed by atoms with Crippen molar-refractivity contribution >= 4 is 11.7 Å². The third kappa shape index (κ3) is 2.82. The minimum atomic E-state index is -0.748. The van der Waals surface area contributed by atoms with Gasteiger partial charge in [-0.15, -0.1) is 0 Å². The summed E-state index contributed by atoms with van der Waals surface area (Å²) in [4.78, 5) is 11.9. The molecule has 2 atom stereocenters. The van der Waals surface area contributed by atoms with Crippen LogP contribution in [0.5, 0.6) is 0 Å². The zero-order valence-electron chi connectivity index (χ0n) is 12.6. The van der Waals surface area contributed by atoms with Crippen LogP contribution in [0.15, 0.2) is 18.2 Å². The summed E-state index contributed by atoms with van der Waals surface area (Å²) in [6, 6.07) is 5.71. The van der Waals surface area contributed by atoms with Crippen LogP contribution < -0.4 is 5.73 Å². The lowest BCUT2D eigenvalue weighted by Crippen LogP contribution is -2.36. The number of benzene rings is 1. The minimum absolute atomic E-state index is 0.0531. The Kier molecular flexibility index (Phi) is 4.07. The topological polar surface area (TPSA) is 63.3 Å². The normalized spacial score (nSPS) is 23.2. The number of aliphatic carboxylic acids is 1.